The minimum atomic E-state index is -1.02. The molecule has 6 heteroatoms. The zero-order valence-corrected chi connectivity index (χ0v) is 13.9. The van der Waals surface area contributed by atoms with Gasteiger partial charge in [0.15, 0.2) is 0 Å². The van der Waals surface area contributed by atoms with Gasteiger partial charge in [-0.1, -0.05) is 0 Å². The highest BCUT2D eigenvalue weighted by atomic mass is 16.5. The molecule has 0 bridgehead atoms. The number of aliphatic carboxylic acids is 1. The van der Waals surface area contributed by atoms with Gasteiger partial charge in [0.05, 0.1) is 29.3 Å². The van der Waals surface area contributed by atoms with E-state index in [9.17, 15) is 14.7 Å². The largest absolute Gasteiger partial charge is 0.478 e. The number of ether oxygens (including phenoxy) is 1. The van der Waals surface area contributed by atoms with Gasteiger partial charge in [0.2, 0.25) is 0 Å². The molecule has 128 valence electrons. The van der Waals surface area contributed by atoms with Crippen LogP contribution in [-0.4, -0.2) is 35.4 Å². The van der Waals surface area contributed by atoms with E-state index in [1.54, 1.807) is 0 Å². The number of hydrogen-bond donors (Lipinski definition) is 2. The van der Waals surface area contributed by atoms with Crippen LogP contribution >= 0.6 is 0 Å². The molecule has 23 heavy (non-hydrogen) atoms. The number of aliphatic imine (C=N–C) groups is 1. The van der Waals surface area contributed by atoms with Crippen LogP contribution in [-0.2, 0) is 14.3 Å². The number of esters is 1. The average Bonchev–Trinajstić information content (AvgIpc) is 3.33. The molecule has 0 atom stereocenters. The molecule has 0 aromatic rings. The molecule has 0 saturated heterocycles. The van der Waals surface area contributed by atoms with Crippen molar-refractivity contribution in [2.45, 2.75) is 58.4 Å². The van der Waals surface area contributed by atoms with Crippen LogP contribution < -0.4 is 5.73 Å². The third-order valence-corrected chi connectivity index (χ3v) is 4.79. The van der Waals surface area contributed by atoms with Gasteiger partial charge in [-0.3, -0.25) is 9.79 Å². The standard InChI is InChI=1S/C17H26N2O4/c1-3-23-16(22)17(2)8-6-12(7-9-17)19-14(11-4-5-11)13(10-18)15(20)21/h10-12H,3-9,18H2,1-2H3,(H,20,21). The van der Waals surface area contributed by atoms with Crippen molar-refractivity contribution < 1.29 is 19.4 Å². The Labute approximate surface area is 136 Å². The van der Waals surface area contributed by atoms with Gasteiger partial charge in [-0.25, -0.2) is 4.79 Å². The monoisotopic (exact) mass is 322 g/mol. The minimum Gasteiger partial charge on any atom is -0.478 e. The molecule has 2 aliphatic rings. The van der Waals surface area contributed by atoms with Crippen molar-refractivity contribution in [3.05, 3.63) is 11.8 Å². The first-order valence-electron chi connectivity index (χ1n) is 8.31. The van der Waals surface area contributed by atoms with E-state index in [0.29, 0.717) is 25.2 Å². The van der Waals surface area contributed by atoms with Crippen molar-refractivity contribution in [2.75, 3.05) is 6.61 Å². The maximum atomic E-state index is 12.0. The number of rotatable bonds is 6. The van der Waals surface area contributed by atoms with Crippen molar-refractivity contribution in [2.24, 2.45) is 22.1 Å². The Kier molecular flexibility index (Phi) is 5.44. The van der Waals surface area contributed by atoms with E-state index in [1.807, 2.05) is 13.8 Å². The first kappa shape index (κ1) is 17.5. The minimum absolute atomic E-state index is 0.0578. The molecule has 0 aliphatic heterocycles. The van der Waals surface area contributed by atoms with E-state index in [4.69, 9.17) is 15.5 Å². The third kappa shape index (κ3) is 4.12. The molecule has 2 rings (SSSR count). The normalized spacial score (nSPS) is 29.2. The van der Waals surface area contributed by atoms with Crippen molar-refractivity contribution in [1.29, 1.82) is 0 Å². The van der Waals surface area contributed by atoms with E-state index in [1.165, 1.54) is 0 Å². The summed E-state index contributed by atoms with van der Waals surface area (Å²) in [7, 11) is 0. The fraction of sp³-hybridized carbons (Fsp3) is 0.706. The summed E-state index contributed by atoms with van der Waals surface area (Å²) in [4.78, 5) is 28.1. The first-order chi connectivity index (χ1) is 10.9. The summed E-state index contributed by atoms with van der Waals surface area (Å²) in [5.74, 6) is -0.942. The molecule has 3 N–H and O–H groups in total. The highest BCUT2D eigenvalue weighted by Gasteiger charge is 2.40. The third-order valence-electron chi connectivity index (χ3n) is 4.79. The molecule has 0 spiro atoms. The lowest BCUT2D eigenvalue weighted by molar-refractivity contribution is -0.156. The van der Waals surface area contributed by atoms with Gasteiger partial charge in [-0.2, -0.15) is 0 Å². The molecule has 2 aliphatic carbocycles. The zero-order valence-electron chi connectivity index (χ0n) is 13.9. The van der Waals surface area contributed by atoms with Crippen LogP contribution in [0.15, 0.2) is 16.8 Å². The van der Waals surface area contributed by atoms with Crippen LogP contribution in [0.25, 0.3) is 0 Å². The Balaban J connectivity index is 2.06. The topological polar surface area (TPSA) is 102 Å². The van der Waals surface area contributed by atoms with Crippen molar-refractivity contribution >= 4 is 17.7 Å². The van der Waals surface area contributed by atoms with E-state index < -0.39 is 11.4 Å². The summed E-state index contributed by atoms with van der Waals surface area (Å²) >= 11 is 0. The summed E-state index contributed by atoms with van der Waals surface area (Å²) < 4.78 is 5.16. The fourth-order valence-corrected chi connectivity index (χ4v) is 3.09. The maximum absolute atomic E-state index is 12.0. The lowest BCUT2D eigenvalue weighted by Crippen LogP contribution is -2.35. The lowest BCUT2D eigenvalue weighted by Gasteiger charge is -2.34. The smallest absolute Gasteiger partial charge is 0.339 e. The summed E-state index contributed by atoms with van der Waals surface area (Å²) in [6.45, 7) is 4.14. The van der Waals surface area contributed by atoms with Gasteiger partial charge in [-0.05, 0) is 52.4 Å². The van der Waals surface area contributed by atoms with Crippen LogP contribution in [0, 0.1) is 11.3 Å². The van der Waals surface area contributed by atoms with Crippen molar-refractivity contribution in [3.8, 4) is 0 Å². The van der Waals surface area contributed by atoms with Gasteiger partial charge in [0, 0.05) is 12.1 Å². The number of carbonyl (C=O) groups excluding carboxylic acids is 1. The van der Waals surface area contributed by atoms with E-state index in [2.05, 4.69) is 0 Å². The molecule has 0 radical (unpaired) electrons. The molecule has 6 nitrogen and oxygen atoms in total. The second kappa shape index (κ2) is 7.15. The lowest BCUT2D eigenvalue weighted by atomic mass is 9.74. The molecular weight excluding hydrogens is 296 g/mol. The molecule has 0 aromatic heterocycles. The molecule has 0 unspecified atom stereocenters. The Morgan fingerprint density at radius 3 is 2.35 bits per heavy atom. The molecule has 0 heterocycles. The summed E-state index contributed by atoms with van der Waals surface area (Å²) in [5.41, 5.74) is 5.78. The van der Waals surface area contributed by atoms with Crippen LogP contribution in [0.3, 0.4) is 0 Å². The first-order valence-corrected chi connectivity index (χ1v) is 8.31. The number of hydrogen-bond acceptors (Lipinski definition) is 5. The number of nitrogens with two attached hydrogens (primary N) is 1. The molecule has 0 aromatic carbocycles. The average molecular weight is 322 g/mol. The number of carboxylic acids is 1. The summed E-state index contributed by atoms with van der Waals surface area (Å²) in [6.07, 6.45) is 6.05. The zero-order chi connectivity index (χ0) is 17.0. The predicted octanol–water partition coefficient (Wildman–Crippen LogP) is 2.28. The van der Waals surface area contributed by atoms with Crippen LogP contribution in [0.1, 0.15) is 52.4 Å². The predicted molar refractivity (Wildman–Crippen MR) is 87.1 cm³/mol. The molecular formula is C17H26N2O4. The summed E-state index contributed by atoms with van der Waals surface area (Å²) in [5, 5.41) is 9.27. The molecule has 2 saturated carbocycles. The van der Waals surface area contributed by atoms with E-state index in [0.717, 1.165) is 31.9 Å². The van der Waals surface area contributed by atoms with Crippen LogP contribution in [0.5, 0.6) is 0 Å². The van der Waals surface area contributed by atoms with Crippen LogP contribution in [0.4, 0.5) is 0 Å². The number of carboxylic acid groups (broad SMARTS) is 1. The fourth-order valence-electron chi connectivity index (χ4n) is 3.09. The maximum Gasteiger partial charge on any atom is 0.339 e. The van der Waals surface area contributed by atoms with Crippen molar-refractivity contribution in [1.82, 2.24) is 0 Å². The molecule has 2 fully saturated rings. The van der Waals surface area contributed by atoms with Gasteiger partial charge in [0.1, 0.15) is 0 Å². The Hall–Kier alpha value is -1.85. The highest BCUT2D eigenvalue weighted by molar-refractivity contribution is 6.20. The van der Waals surface area contributed by atoms with E-state index >= 15 is 0 Å². The molecule has 0 amide bonds. The van der Waals surface area contributed by atoms with Crippen LogP contribution in [0.2, 0.25) is 0 Å². The second-order valence-corrected chi connectivity index (χ2v) is 6.69. The summed E-state index contributed by atoms with van der Waals surface area (Å²) in [6, 6.07) is 0.0578. The van der Waals surface area contributed by atoms with E-state index in [-0.39, 0.29) is 23.5 Å². The Morgan fingerprint density at radius 2 is 1.91 bits per heavy atom. The quantitative estimate of drug-likeness (QED) is 0.444. The van der Waals surface area contributed by atoms with Gasteiger partial charge >= 0.3 is 11.9 Å². The van der Waals surface area contributed by atoms with Gasteiger partial charge in [0.25, 0.3) is 0 Å². The number of nitrogens with zero attached hydrogens (tertiary/aromatic N) is 1. The second-order valence-electron chi connectivity index (χ2n) is 6.69. The Bertz CT molecular complexity index is 527. The van der Waals surface area contributed by atoms with Gasteiger partial charge < -0.3 is 15.6 Å². The Morgan fingerprint density at radius 1 is 1.30 bits per heavy atom. The SMILES string of the molecule is CCOC(=O)C1(C)CCC(N=C(C(=CN)C(=O)O)C2CC2)CC1. The van der Waals surface area contributed by atoms with Crippen molar-refractivity contribution in [3.63, 3.8) is 0 Å². The highest BCUT2D eigenvalue weighted by Crippen LogP contribution is 2.40. The van der Waals surface area contributed by atoms with Gasteiger partial charge in [-0.15, -0.1) is 0 Å². The number of carbonyl (C=O) groups is 2.